The standard InChI is InChI=1S/C24H24N4O2S/c1-16-7-9-17(10-8-16)13-28-22(30)19-5-3-4-6-20(19)26-23(28)31-14-21(29)27-24(2,15-25)18-11-12-18/h3-10,18H,11-14H2,1-2H3,(H,27,29). The van der Waals surface area contributed by atoms with E-state index in [-0.39, 0.29) is 23.1 Å². The Kier molecular flexibility index (Phi) is 5.84. The van der Waals surface area contributed by atoms with E-state index in [1.165, 1.54) is 11.8 Å². The molecule has 1 aromatic heterocycles. The smallest absolute Gasteiger partial charge is 0.262 e. The van der Waals surface area contributed by atoms with Crippen molar-refractivity contribution in [3.05, 3.63) is 70.0 Å². The normalized spacial score (nSPS) is 15.3. The Labute approximate surface area is 185 Å². The lowest BCUT2D eigenvalue weighted by atomic mass is 9.98. The van der Waals surface area contributed by atoms with Gasteiger partial charge in [0.05, 0.1) is 29.3 Å². The molecule has 1 amide bonds. The van der Waals surface area contributed by atoms with E-state index >= 15 is 0 Å². The molecule has 0 spiro atoms. The first-order valence-electron chi connectivity index (χ1n) is 10.3. The number of rotatable bonds is 7. The van der Waals surface area contributed by atoms with Gasteiger partial charge in [-0.3, -0.25) is 14.2 Å². The highest BCUT2D eigenvalue weighted by Crippen LogP contribution is 2.39. The lowest BCUT2D eigenvalue weighted by Gasteiger charge is -2.22. The maximum absolute atomic E-state index is 13.2. The van der Waals surface area contributed by atoms with E-state index in [4.69, 9.17) is 0 Å². The number of aromatic nitrogens is 2. The van der Waals surface area contributed by atoms with Crippen molar-refractivity contribution < 1.29 is 4.79 Å². The Morgan fingerprint density at radius 2 is 1.97 bits per heavy atom. The summed E-state index contributed by atoms with van der Waals surface area (Å²) in [5.41, 5.74) is 1.78. The molecule has 2 aromatic carbocycles. The van der Waals surface area contributed by atoms with Crippen molar-refractivity contribution in [1.82, 2.24) is 14.9 Å². The van der Waals surface area contributed by atoms with Crippen LogP contribution in [0.15, 0.2) is 58.5 Å². The van der Waals surface area contributed by atoms with Gasteiger partial charge in [-0.2, -0.15) is 5.26 Å². The number of aryl methyl sites for hydroxylation is 1. The van der Waals surface area contributed by atoms with Crippen LogP contribution < -0.4 is 10.9 Å². The van der Waals surface area contributed by atoms with Crippen LogP contribution in [-0.4, -0.2) is 26.8 Å². The predicted molar refractivity (Wildman–Crippen MR) is 122 cm³/mol. The second-order valence-corrected chi connectivity index (χ2v) is 9.16. The number of hydrogen-bond donors (Lipinski definition) is 1. The van der Waals surface area contributed by atoms with Gasteiger partial charge in [0, 0.05) is 0 Å². The summed E-state index contributed by atoms with van der Waals surface area (Å²) in [6.07, 6.45) is 1.92. The van der Waals surface area contributed by atoms with Gasteiger partial charge in [0.25, 0.3) is 5.56 Å². The van der Waals surface area contributed by atoms with Crippen LogP contribution in [0.3, 0.4) is 0 Å². The highest BCUT2D eigenvalue weighted by Gasteiger charge is 2.42. The lowest BCUT2D eigenvalue weighted by Crippen LogP contribution is -2.47. The van der Waals surface area contributed by atoms with Crippen molar-refractivity contribution in [3.63, 3.8) is 0 Å². The highest BCUT2D eigenvalue weighted by molar-refractivity contribution is 7.99. The van der Waals surface area contributed by atoms with Crippen LogP contribution in [0.1, 0.15) is 30.9 Å². The average Bonchev–Trinajstić information content (AvgIpc) is 3.62. The maximum atomic E-state index is 13.2. The molecule has 1 fully saturated rings. The molecule has 1 unspecified atom stereocenters. The van der Waals surface area contributed by atoms with Gasteiger partial charge in [-0.1, -0.05) is 53.7 Å². The summed E-state index contributed by atoms with van der Waals surface area (Å²) in [5.74, 6) is 0.0677. The van der Waals surface area contributed by atoms with Crippen molar-refractivity contribution in [2.45, 2.75) is 43.9 Å². The van der Waals surface area contributed by atoms with E-state index in [0.29, 0.717) is 22.6 Å². The molecule has 158 valence electrons. The van der Waals surface area contributed by atoms with Crippen LogP contribution in [-0.2, 0) is 11.3 Å². The SMILES string of the molecule is Cc1ccc(Cn2c(SCC(=O)NC(C)(C#N)C3CC3)nc3ccccc3c2=O)cc1. The third-order valence-corrected chi connectivity index (χ3v) is 6.62. The van der Waals surface area contributed by atoms with Crippen molar-refractivity contribution in [2.75, 3.05) is 5.75 Å². The Morgan fingerprint density at radius 3 is 2.65 bits per heavy atom. The van der Waals surface area contributed by atoms with Crippen molar-refractivity contribution in [2.24, 2.45) is 5.92 Å². The summed E-state index contributed by atoms with van der Waals surface area (Å²) in [5, 5.41) is 13.4. The Hall–Kier alpha value is -3.11. The average molecular weight is 433 g/mol. The number of carbonyl (C=O) groups is 1. The second kappa shape index (κ2) is 8.56. The van der Waals surface area contributed by atoms with Gasteiger partial charge in [-0.15, -0.1) is 0 Å². The molecule has 1 saturated carbocycles. The molecule has 0 radical (unpaired) electrons. The fourth-order valence-corrected chi connectivity index (χ4v) is 4.41. The van der Waals surface area contributed by atoms with Gasteiger partial charge in [-0.05, 0) is 50.3 Å². The number of carbonyl (C=O) groups excluding carboxylic acids is 1. The van der Waals surface area contributed by atoms with E-state index in [1.54, 1.807) is 23.6 Å². The quantitative estimate of drug-likeness (QED) is 0.455. The van der Waals surface area contributed by atoms with Gasteiger partial charge >= 0.3 is 0 Å². The van der Waals surface area contributed by atoms with Crippen LogP contribution in [0, 0.1) is 24.2 Å². The fourth-order valence-electron chi connectivity index (χ4n) is 3.61. The van der Waals surface area contributed by atoms with Gasteiger partial charge in [0.1, 0.15) is 5.54 Å². The van der Waals surface area contributed by atoms with Crippen molar-refractivity contribution >= 4 is 28.6 Å². The number of hydrogen-bond acceptors (Lipinski definition) is 5. The number of nitriles is 1. The molecular formula is C24H24N4O2S. The lowest BCUT2D eigenvalue weighted by molar-refractivity contribution is -0.119. The number of para-hydroxylation sites is 1. The summed E-state index contributed by atoms with van der Waals surface area (Å²) in [6, 6.07) is 17.5. The molecule has 3 aromatic rings. The monoisotopic (exact) mass is 432 g/mol. The van der Waals surface area contributed by atoms with E-state index in [0.717, 1.165) is 24.0 Å². The summed E-state index contributed by atoms with van der Waals surface area (Å²) in [7, 11) is 0. The van der Waals surface area contributed by atoms with Crippen LogP contribution in [0.2, 0.25) is 0 Å². The van der Waals surface area contributed by atoms with E-state index in [9.17, 15) is 14.9 Å². The number of amides is 1. The molecule has 31 heavy (non-hydrogen) atoms. The Balaban J connectivity index is 1.61. The molecule has 1 N–H and O–H groups in total. The van der Waals surface area contributed by atoms with Crippen LogP contribution in [0.5, 0.6) is 0 Å². The van der Waals surface area contributed by atoms with Crippen molar-refractivity contribution in [1.29, 1.82) is 5.26 Å². The van der Waals surface area contributed by atoms with Crippen molar-refractivity contribution in [3.8, 4) is 6.07 Å². The van der Waals surface area contributed by atoms with Crippen LogP contribution >= 0.6 is 11.8 Å². The molecule has 1 atom stereocenters. The third kappa shape index (κ3) is 4.64. The summed E-state index contributed by atoms with van der Waals surface area (Å²) < 4.78 is 1.62. The predicted octanol–water partition coefficient (Wildman–Crippen LogP) is 3.65. The van der Waals surface area contributed by atoms with Gasteiger partial charge in [-0.25, -0.2) is 4.98 Å². The molecule has 0 aliphatic heterocycles. The van der Waals surface area contributed by atoms with E-state index < -0.39 is 5.54 Å². The minimum Gasteiger partial charge on any atom is -0.337 e. The van der Waals surface area contributed by atoms with Crippen LogP contribution in [0.25, 0.3) is 10.9 Å². The molecule has 0 saturated heterocycles. The van der Waals surface area contributed by atoms with Gasteiger partial charge < -0.3 is 5.32 Å². The van der Waals surface area contributed by atoms with Crippen LogP contribution in [0.4, 0.5) is 0 Å². The first-order valence-corrected chi connectivity index (χ1v) is 11.3. The zero-order valence-corrected chi connectivity index (χ0v) is 18.4. The van der Waals surface area contributed by atoms with Gasteiger partial charge in [0.15, 0.2) is 5.16 Å². The van der Waals surface area contributed by atoms with E-state index in [2.05, 4.69) is 16.4 Å². The molecule has 4 rings (SSSR count). The number of thioether (sulfide) groups is 1. The maximum Gasteiger partial charge on any atom is 0.262 e. The molecule has 6 nitrogen and oxygen atoms in total. The topological polar surface area (TPSA) is 87.8 Å². The second-order valence-electron chi connectivity index (χ2n) is 8.21. The summed E-state index contributed by atoms with van der Waals surface area (Å²) >= 11 is 1.22. The molecule has 0 bridgehead atoms. The largest absolute Gasteiger partial charge is 0.337 e. The molecular weight excluding hydrogens is 408 g/mol. The first-order chi connectivity index (χ1) is 14.9. The third-order valence-electron chi connectivity index (χ3n) is 5.65. The molecule has 1 heterocycles. The minimum absolute atomic E-state index is 0.0860. The first kappa shape index (κ1) is 21.1. The number of nitrogens with one attached hydrogen (secondary N) is 1. The molecule has 1 aliphatic carbocycles. The molecule has 7 heteroatoms. The molecule has 1 aliphatic rings. The Morgan fingerprint density at radius 1 is 1.26 bits per heavy atom. The summed E-state index contributed by atoms with van der Waals surface area (Å²) in [6.45, 7) is 4.16. The number of nitrogens with zero attached hydrogens (tertiary/aromatic N) is 3. The minimum atomic E-state index is -0.837. The number of fused-ring (bicyclic) bond motifs is 1. The van der Waals surface area contributed by atoms with Gasteiger partial charge in [0.2, 0.25) is 5.91 Å². The zero-order valence-electron chi connectivity index (χ0n) is 17.6. The highest BCUT2D eigenvalue weighted by atomic mass is 32.2. The fraction of sp³-hybridized carbons (Fsp3) is 0.333. The van der Waals surface area contributed by atoms with E-state index in [1.807, 2.05) is 43.3 Å². The number of benzene rings is 2. The Bertz CT molecular complexity index is 1230. The zero-order chi connectivity index (χ0) is 22.0. The summed E-state index contributed by atoms with van der Waals surface area (Å²) in [4.78, 5) is 30.5.